The van der Waals surface area contributed by atoms with Gasteiger partial charge in [0.1, 0.15) is 6.04 Å². The van der Waals surface area contributed by atoms with E-state index >= 15 is 0 Å². The van der Waals surface area contributed by atoms with Gasteiger partial charge in [0, 0.05) is 25.6 Å². The summed E-state index contributed by atoms with van der Waals surface area (Å²) in [6.07, 6.45) is 0.127. The Bertz CT molecular complexity index is 713. The van der Waals surface area contributed by atoms with E-state index in [-0.39, 0.29) is 18.1 Å². The number of nitrogens with zero attached hydrogens (tertiary/aromatic N) is 3. The molecule has 3 atom stereocenters. The van der Waals surface area contributed by atoms with Gasteiger partial charge < -0.3 is 0 Å². The maximum Gasteiger partial charge on any atom is 0.129 e. The highest BCUT2D eigenvalue weighted by molar-refractivity contribution is 5.17. The molecule has 4 rings (SSSR count). The first kappa shape index (κ1) is 15.3. The lowest BCUT2D eigenvalue weighted by atomic mass is 9.99. The van der Waals surface area contributed by atoms with E-state index in [1.54, 1.807) is 0 Å². The quantitative estimate of drug-likeness (QED) is 0.869. The molecule has 2 fully saturated rings. The van der Waals surface area contributed by atoms with Gasteiger partial charge in [-0.1, -0.05) is 60.7 Å². The fourth-order valence-electron chi connectivity index (χ4n) is 3.78. The normalized spacial score (nSPS) is 27.0. The molecule has 0 amide bonds. The van der Waals surface area contributed by atoms with E-state index < -0.39 is 0 Å². The molecule has 2 heterocycles. The van der Waals surface area contributed by atoms with Crippen LogP contribution in [-0.2, 0) is 17.9 Å². The van der Waals surface area contributed by atoms with Gasteiger partial charge in [0.05, 0.1) is 18.7 Å². The Kier molecular flexibility index (Phi) is 4.31. The molecule has 0 radical (unpaired) electrons. The van der Waals surface area contributed by atoms with Gasteiger partial charge in [0.2, 0.25) is 0 Å². The summed E-state index contributed by atoms with van der Waals surface area (Å²) < 4.78 is 0. The van der Waals surface area contributed by atoms with Gasteiger partial charge in [0.25, 0.3) is 0 Å². The Morgan fingerprint density at radius 2 is 1.54 bits per heavy atom. The minimum absolute atomic E-state index is 0.127. The SMILES string of the molecule is N#C[C@@H]1[C@H]2CN(Cc3ccccc3)C[C@H]2ON1Cc1ccccc1. The van der Waals surface area contributed by atoms with E-state index in [1.165, 1.54) is 11.1 Å². The molecule has 4 nitrogen and oxygen atoms in total. The van der Waals surface area contributed by atoms with Crippen LogP contribution in [0.4, 0.5) is 0 Å². The zero-order valence-electron chi connectivity index (χ0n) is 13.6. The summed E-state index contributed by atoms with van der Waals surface area (Å²) in [5.74, 6) is 0.266. The van der Waals surface area contributed by atoms with E-state index in [4.69, 9.17) is 4.84 Å². The lowest BCUT2D eigenvalue weighted by molar-refractivity contribution is -0.163. The van der Waals surface area contributed by atoms with Crippen LogP contribution in [-0.4, -0.2) is 35.2 Å². The summed E-state index contributed by atoms with van der Waals surface area (Å²) >= 11 is 0. The third-order valence-corrected chi connectivity index (χ3v) is 4.93. The first-order valence-corrected chi connectivity index (χ1v) is 8.47. The van der Waals surface area contributed by atoms with Crippen LogP contribution in [0.5, 0.6) is 0 Å². The summed E-state index contributed by atoms with van der Waals surface area (Å²) in [4.78, 5) is 8.53. The van der Waals surface area contributed by atoms with Gasteiger partial charge in [-0.3, -0.25) is 9.74 Å². The molecule has 2 aromatic carbocycles. The summed E-state index contributed by atoms with van der Waals surface area (Å²) in [7, 11) is 0. The number of nitriles is 1. The van der Waals surface area contributed by atoms with Crippen LogP contribution in [0.15, 0.2) is 60.7 Å². The van der Waals surface area contributed by atoms with Gasteiger partial charge in [-0.05, 0) is 11.1 Å². The summed E-state index contributed by atoms with van der Waals surface area (Å²) in [6, 6.07) is 23.0. The third kappa shape index (κ3) is 3.07. The van der Waals surface area contributed by atoms with E-state index in [2.05, 4.69) is 47.4 Å². The molecule has 0 N–H and O–H groups in total. The fourth-order valence-corrected chi connectivity index (χ4v) is 3.78. The highest BCUT2D eigenvalue weighted by atomic mass is 16.7. The van der Waals surface area contributed by atoms with Crippen molar-refractivity contribution in [2.45, 2.75) is 25.2 Å². The minimum Gasteiger partial charge on any atom is -0.296 e. The number of hydrogen-bond acceptors (Lipinski definition) is 4. The van der Waals surface area contributed by atoms with Crippen molar-refractivity contribution in [3.63, 3.8) is 0 Å². The second-order valence-electron chi connectivity index (χ2n) is 6.62. The molecule has 0 aliphatic carbocycles. The number of hydroxylamine groups is 2. The van der Waals surface area contributed by atoms with Crippen LogP contribution in [0, 0.1) is 17.2 Å². The maximum absolute atomic E-state index is 9.65. The molecule has 0 unspecified atom stereocenters. The van der Waals surface area contributed by atoms with Gasteiger partial charge in [-0.15, -0.1) is 0 Å². The van der Waals surface area contributed by atoms with E-state index in [9.17, 15) is 5.26 Å². The first-order chi connectivity index (χ1) is 11.8. The molecular formula is C20H21N3O. The van der Waals surface area contributed by atoms with Crippen LogP contribution in [0.3, 0.4) is 0 Å². The monoisotopic (exact) mass is 319 g/mol. The van der Waals surface area contributed by atoms with Crippen molar-refractivity contribution in [3.05, 3.63) is 71.8 Å². The van der Waals surface area contributed by atoms with Crippen molar-refractivity contribution in [3.8, 4) is 6.07 Å². The van der Waals surface area contributed by atoms with Crippen LogP contribution < -0.4 is 0 Å². The average molecular weight is 319 g/mol. The van der Waals surface area contributed by atoms with Crippen molar-refractivity contribution < 1.29 is 4.84 Å². The van der Waals surface area contributed by atoms with E-state index in [0.717, 1.165) is 19.6 Å². The Hall–Kier alpha value is -2.19. The Morgan fingerprint density at radius 3 is 2.17 bits per heavy atom. The molecule has 0 bridgehead atoms. The van der Waals surface area contributed by atoms with Gasteiger partial charge in [0.15, 0.2) is 0 Å². The molecule has 24 heavy (non-hydrogen) atoms. The second-order valence-corrected chi connectivity index (χ2v) is 6.62. The van der Waals surface area contributed by atoms with E-state index in [0.29, 0.717) is 6.54 Å². The molecule has 0 spiro atoms. The molecule has 122 valence electrons. The van der Waals surface area contributed by atoms with Crippen LogP contribution in [0.25, 0.3) is 0 Å². The number of hydrogen-bond donors (Lipinski definition) is 0. The number of benzene rings is 2. The van der Waals surface area contributed by atoms with Gasteiger partial charge in [-0.2, -0.15) is 10.3 Å². The summed E-state index contributed by atoms with van der Waals surface area (Å²) in [5, 5.41) is 11.5. The number of fused-ring (bicyclic) bond motifs is 1. The van der Waals surface area contributed by atoms with Gasteiger partial charge in [-0.25, -0.2) is 0 Å². The van der Waals surface area contributed by atoms with Crippen molar-refractivity contribution in [1.82, 2.24) is 9.96 Å². The van der Waals surface area contributed by atoms with Crippen LogP contribution in [0.1, 0.15) is 11.1 Å². The second kappa shape index (κ2) is 6.74. The molecular weight excluding hydrogens is 298 g/mol. The first-order valence-electron chi connectivity index (χ1n) is 8.47. The predicted molar refractivity (Wildman–Crippen MR) is 91.5 cm³/mol. The molecule has 2 aliphatic heterocycles. The molecule has 0 saturated carbocycles. The molecule has 2 saturated heterocycles. The smallest absolute Gasteiger partial charge is 0.129 e. The van der Waals surface area contributed by atoms with Crippen molar-refractivity contribution >= 4 is 0 Å². The maximum atomic E-state index is 9.65. The van der Waals surface area contributed by atoms with Crippen molar-refractivity contribution in [1.29, 1.82) is 5.26 Å². The third-order valence-electron chi connectivity index (χ3n) is 4.93. The average Bonchev–Trinajstić information content (AvgIpc) is 3.13. The summed E-state index contributed by atoms with van der Waals surface area (Å²) in [5.41, 5.74) is 2.49. The predicted octanol–water partition coefficient (Wildman–Crippen LogP) is 2.83. The van der Waals surface area contributed by atoms with Crippen molar-refractivity contribution in [2.24, 2.45) is 5.92 Å². The Balaban J connectivity index is 1.41. The van der Waals surface area contributed by atoms with E-state index in [1.807, 2.05) is 29.3 Å². The molecule has 2 aromatic rings. The fraction of sp³-hybridized carbons (Fsp3) is 0.350. The number of likely N-dealkylation sites (tertiary alicyclic amines) is 1. The Morgan fingerprint density at radius 1 is 0.917 bits per heavy atom. The minimum atomic E-state index is -0.170. The topological polar surface area (TPSA) is 39.5 Å². The highest BCUT2D eigenvalue weighted by Gasteiger charge is 2.48. The van der Waals surface area contributed by atoms with Crippen molar-refractivity contribution in [2.75, 3.05) is 13.1 Å². The molecule has 0 aromatic heterocycles. The molecule has 2 aliphatic rings. The zero-order valence-corrected chi connectivity index (χ0v) is 13.6. The molecule has 4 heteroatoms. The largest absolute Gasteiger partial charge is 0.296 e. The highest BCUT2D eigenvalue weighted by Crippen LogP contribution is 2.35. The summed E-state index contributed by atoms with van der Waals surface area (Å²) in [6.45, 7) is 3.41. The van der Waals surface area contributed by atoms with Crippen LogP contribution >= 0.6 is 0 Å². The lowest BCUT2D eigenvalue weighted by Crippen LogP contribution is -2.34. The Labute approximate surface area is 142 Å². The zero-order chi connectivity index (χ0) is 16.4. The van der Waals surface area contributed by atoms with Crippen LogP contribution in [0.2, 0.25) is 0 Å². The van der Waals surface area contributed by atoms with Gasteiger partial charge >= 0.3 is 0 Å². The standard InChI is InChI=1S/C20H21N3O/c21-11-19-18-14-22(12-16-7-3-1-4-8-16)15-20(18)24-23(19)13-17-9-5-2-6-10-17/h1-10,18-20H,12-15H2/t18-,19-,20-/m1/s1. The lowest BCUT2D eigenvalue weighted by Gasteiger charge is -2.23. The number of rotatable bonds is 4.